The molecule has 3 aliphatic heterocycles. The molecule has 2 atom stereocenters. The van der Waals surface area contributed by atoms with Gasteiger partial charge in [0.2, 0.25) is 6.79 Å². The third kappa shape index (κ3) is 4.54. The Morgan fingerprint density at radius 2 is 1.81 bits per heavy atom. The van der Waals surface area contributed by atoms with Gasteiger partial charge in [0.25, 0.3) is 5.91 Å². The zero-order valence-electron chi connectivity index (χ0n) is 19.9. The number of halogens is 3. The number of fused-ring (bicyclic) bond motifs is 2. The highest BCUT2D eigenvalue weighted by molar-refractivity contribution is 6.05. The van der Waals surface area contributed by atoms with Crippen LogP contribution in [0, 0.1) is 0 Å². The topological polar surface area (TPSA) is 80.7 Å². The summed E-state index contributed by atoms with van der Waals surface area (Å²) in [6.07, 6.45) is -1.51. The van der Waals surface area contributed by atoms with Gasteiger partial charge in [-0.2, -0.15) is 18.3 Å². The summed E-state index contributed by atoms with van der Waals surface area (Å²) in [7, 11) is 0. The molecule has 2 aromatic carbocycles. The Morgan fingerprint density at radius 3 is 2.62 bits per heavy atom. The molecule has 8 nitrogen and oxygen atoms in total. The van der Waals surface area contributed by atoms with E-state index >= 15 is 0 Å². The molecule has 1 aromatic heterocycles. The van der Waals surface area contributed by atoms with E-state index in [1.165, 1.54) is 12.5 Å². The minimum absolute atomic E-state index is 0.0776. The first kappa shape index (κ1) is 23.5. The Labute approximate surface area is 211 Å². The van der Waals surface area contributed by atoms with Crippen LogP contribution in [-0.2, 0) is 0 Å². The van der Waals surface area contributed by atoms with Crippen molar-refractivity contribution in [3.05, 3.63) is 59.8 Å². The van der Waals surface area contributed by atoms with Crippen LogP contribution in [0.1, 0.15) is 53.8 Å². The molecule has 0 saturated carbocycles. The van der Waals surface area contributed by atoms with E-state index in [1.54, 1.807) is 24.3 Å². The molecule has 0 bridgehead atoms. The van der Waals surface area contributed by atoms with Gasteiger partial charge in [0.05, 0.1) is 17.4 Å². The highest BCUT2D eigenvalue weighted by atomic mass is 19.4. The lowest BCUT2D eigenvalue weighted by atomic mass is 9.96. The zero-order chi connectivity index (χ0) is 25.6. The number of ether oxygens (including phenoxy) is 2. The highest BCUT2D eigenvalue weighted by Gasteiger charge is 2.47. The molecule has 0 aliphatic carbocycles. The van der Waals surface area contributed by atoms with E-state index < -0.39 is 24.2 Å². The molecule has 194 valence electrons. The number of carbonyl (C=O) groups is 1. The summed E-state index contributed by atoms with van der Waals surface area (Å²) in [5.74, 6) is 0.620. The fraction of sp³-hybridized carbons (Fsp3) is 0.385. The van der Waals surface area contributed by atoms with Gasteiger partial charge in [0.15, 0.2) is 23.2 Å². The maximum Gasteiger partial charge on any atom is 0.410 e. The molecular formula is C26H26F3N5O3. The van der Waals surface area contributed by atoms with Crippen molar-refractivity contribution in [1.29, 1.82) is 0 Å². The Bertz CT molecular complexity index is 1320. The van der Waals surface area contributed by atoms with Gasteiger partial charge in [-0.05, 0) is 49.1 Å². The van der Waals surface area contributed by atoms with Gasteiger partial charge in [0.1, 0.15) is 5.82 Å². The number of anilines is 3. The number of piperidine rings is 1. The number of hydrogen-bond donors (Lipinski definition) is 2. The summed E-state index contributed by atoms with van der Waals surface area (Å²) in [4.78, 5) is 15.4. The molecule has 11 heteroatoms. The molecule has 2 N–H and O–H groups in total. The van der Waals surface area contributed by atoms with Gasteiger partial charge < -0.3 is 25.0 Å². The van der Waals surface area contributed by atoms with Gasteiger partial charge in [-0.3, -0.25) is 4.79 Å². The van der Waals surface area contributed by atoms with E-state index in [9.17, 15) is 18.0 Å². The van der Waals surface area contributed by atoms with Crippen LogP contribution in [0.4, 0.5) is 30.4 Å². The van der Waals surface area contributed by atoms with E-state index in [2.05, 4.69) is 20.6 Å². The first-order chi connectivity index (χ1) is 17.9. The molecule has 0 spiro atoms. The Balaban J connectivity index is 1.27. The number of para-hydroxylation sites is 2. The number of carbonyl (C=O) groups excluding carboxylic acids is 1. The number of rotatable bonds is 4. The highest BCUT2D eigenvalue weighted by Crippen LogP contribution is 2.45. The van der Waals surface area contributed by atoms with Gasteiger partial charge in [-0.25, -0.2) is 4.68 Å². The SMILES string of the molecule is O=C(Nc1ccccc1N1CCCCC1)c1cc2n(n1)[C@@H](C(F)(F)F)C[C@@H](c1ccc3c(c1)OCO3)N2. The Kier molecular flexibility index (Phi) is 5.85. The predicted molar refractivity (Wildman–Crippen MR) is 131 cm³/mol. The minimum Gasteiger partial charge on any atom is -0.454 e. The van der Waals surface area contributed by atoms with E-state index in [1.807, 2.05) is 18.2 Å². The number of nitrogens with one attached hydrogen (secondary N) is 2. The van der Waals surface area contributed by atoms with E-state index in [0.29, 0.717) is 22.7 Å². The Morgan fingerprint density at radius 1 is 1.03 bits per heavy atom. The van der Waals surface area contributed by atoms with E-state index in [-0.39, 0.29) is 24.7 Å². The number of aromatic nitrogens is 2. The van der Waals surface area contributed by atoms with Crippen LogP contribution in [0.15, 0.2) is 48.5 Å². The summed E-state index contributed by atoms with van der Waals surface area (Å²) in [6, 6.07) is 11.4. The summed E-state index contributed by atoms with van der Waals surface area (Å²) >= 11 is 0. The average molecular weight is 514 g/mol. The van der Waals surface area contributed by atoms with Crippen molar-refractivity contribution in [2.24, 2.45) is 0 Å². The fourth-order valence-electron chi connectivity index (χ4n) is 5.21. The summed E-state index contributed by atoms with van der Waals surface area (Å²) in [5.41, 5.74) is 2.05. The van der Waals surface area contributed by atoms with Crippen molar-refractivity contribution in [2.75, 3.05) is 35.4 Å². The van der Waals surface area contributed by atoms with Crippen LogP contribution in [-0.4, -0.2) is 41.7 Å². The number of amides is 1. The maximum atomic E-state index is 14.1. The minimum atomic E-state index is -4.55. The third-order valence-electron chi connectivity index (χ3n) is 7.07. The lowest BCUT2D eigenvalue weighted by Crippen LogP contribution is -2.35. The number of nitrogens with zero attached hydrogens (tertiary/aromatic N) is 3. The van der Waals surface area contributed by atoms with Crippen LogP contribution in [0.3, 0.4) is 0 Å². The first-order valence-electron chi connectivity index (χ1n) is 12.3. The molecule has 1 saturated heterocycles. The molecule has 6 rings (SSSR count). The smallest absolute Gasteiger partial charge is 0.410 e. The van der Waals surface area contributed by atoms with Crippen molar-refractivity contribution < 1.29 is 27.4 Å². The number of alkyl halides is 3. The Hall–Kier alpha value is -3.89. The summed E-state index contributed by atoms with van der Waals surface area (Å²) in [5, 5.41) is 10.1. The second-order valence-electron chi connectivity index (χ2n) is 9.48. The third-order valence-corrected chi connectivity index (χ3v) is 7.07. The van der Waals surface area contributed by atoms with Gasteiger partial charge >= 0.3 is 6.18 Å². The van der Waals surface area contributed by atoms with Crippen molar-refractivity contribution in [2.45, 2.75) is 43.9 Å². The molecule has 4 heterocycles. The van der Waals surface area contributed by atoms with Gasteiger partial charge in [0, 0.05) is 25.6 Å². The monoisotopic (exact) mass is 513 g/mol. The summed E-state index contributed by atoms with van der Waals surface area (Å²) < 4.78 is 53.9. The fourth-order valence-corrected chi connectivity index (χ4v) is 5.21. The molecular weight excluding hydrogens is 487 g/mol. The maximum absolute atomic E-state index is 14.1. The number of benzene rings is 2. The van der Waals surface area contributed by atoms with Crippen molar-refractivity contribution in [3.8, 4) is 11.5 Å². The largest absolute Gasteiger partial charge is 0.454 e. The summed E-state index contributed by atoms with van der Waals surface area (Å²) in [6.45, 7) is 1.86. The van der Waals surface area contributed by atoms with Crippen LogP contribution in [0.25, 0.3) is 0 Å². The van der Waals surface area contributed by atoms with Crippen molar-refractivity contribution in [1.82, 2.24) is 9.78 Å². The quantitative estimate of drug-likeness (QED) is 0.479. The number of hydrogen-bond acceptors (Lipinski definition) is 6. The van der Waals surface area contributed by atoms with Crippen LogP contribution in [0.2, 0.25) is 0 Å². The lowest BCUT2D eigenvalue weighted by molar-refractivity contribution is -0.173. The molecule has 3 aliphatic rings. The molecule has 0 radical (unpaired) electrons. The molecule has 1 amide bonds. The molecule has 37 heavy (non-hydrogen) atoms. The molecule has 1 fully saturated rings. The van der Waals surface area contributed by atoms with Crippen molar-refractivity contribution in [3.63, 3.8) is 0 Å². The standard InChI is InChI=1S/C26H26F3N5O3/c27-26(28,29)23-13-18(16-8-9-21-22(12-16)37-15-36-21)30-24-14-19(32-34(23)24)25(35)31-17-6-2-3-7-20(17)33-10-4-1-5-11-33/h2-3,6-9,12,14,18,23,30H,1,4-5,10-11,13,15H2,(H,31,35)/t18-,23+/m0/s1. The van der Waals surface area contributed by atoms with Gasteiger partial charge in [-0.15, -0.1) is 0 Å². The predicted octanol–water partition coefficient (Wildman–Crippen LogP) is 5.51. The first-order valence-corrected chi connectivity index (χ1v) is 12.3. The van der Waals surface area contributed by atoms with Crippen LogP contribution in [0.5, 0.6) is 11.5 Å². The van der Waals surface area contributed by atoms with Crippen LogP contribution >= 0.6 is 0 Å². The van der Waals surface area contributed by atoms with Crippen LogP contribution < -0.4 is 25.0 Å². The molecule has 0 unspecified atom stereocenters. The lowest BCUT2D eigenvalue weighted by Gasteiger charge is -2.33. The second-order valence-corrected chi connectivity index (χ2v) is 9.48. The zero-order valence-corrected chi connectivity index (χ0v) is 19.9. The molecule has 3 aromatic rings. The van der Waals surface area contributed by atoms with E-state index in [0.717, 1.165) is 36.3 Å². The van der Waals surface area contributed by atoms with Crippen molar-refractivity contribution >= 4 is 23.1 Å². The average Bonchev–Trinajstić information content (AvgIpc) is 3.55. The second kappa shape index (κ2) is 9.20. The van der Waals surface area contributed by atoms with Gasteiger partial charge in [-0.1, -0.05) is 18.2 Å². The normalized spacial score (nSPS) is 20.8. The van der Waals surface area contributed by atoms with E-state index in [4.69, 9.17) is 9.47 Å².